The molecule has 3 aliphatic rings. The average molecular weight is 422 g/mol. The minimum absolute atomic E-state index is 0.482. The number of hydrogen-bond acceptors (Lipinski definition) is 6. The molecule has 0 saturated heterocycles. The van der Waals surface area contributed by atoms with Crippen LogP contribution in [0.15, 0.2) is 67.0 Å². The van der Waals surface area contributed by atoms with E-state index in [2.05, 4.69) is 45.3 Å². The number of nitrogens with two attached hydrogens (primary N) is 1. The van der Waals surface area contributed by atoms with Crippen LogP contribution in [-0.4, -0.2) is 27.2 Å². The summed E-state index contributed by atoms with van der Waals surface area (Å²) in [5, 5.41) is 13.7. The fourth-order valence-electron chi connectivity index (χ4n) is 4.68. The van der Waals surface area contributed by atoms with E-state index in [1.54, 1.807) is 12.4 Å². The molecular formula is C26H22N4O2. The Morgan fingerprint density at radius 1 is 1.00 bits per heavy atom. The molecule has 158 valence electrons. The molecule has 2 aromatic carbocycles. The maximum atomic E-state index is 10.4. The summed E-state index contributed by atoms with van der Waals surface area (Å²) in [6.45, 7) is 0.623. The van der Waals surface area contributed by atoms with Crippen LogP contribution in [0.25, 0.3) is 11.1 Å². The van der Waals surface area contributed by atoms with Gasteiger partial charge in [0.05, 0.1) is 11.2 Å². The molecule has 0 unspecified atom stereocenters. The number of aromatic nitrogens is 2. The molecule has 1 atom stereocenters. The summed E-state index contributed by atoms with van der Waals surface area (Å²) in [6, 6.07) is 12.1. The van der Waals surface area contributed by atoms with Gasteiger partial charge in [-0.25, -0.2) is 9.97 Å². The average Bonchev–Trinajstić information content (AvgIpc) is 3.19. The first-order chi connectivity index (χ1) is 15.5. The molecule has 2 aliphatic heterocycles. The molecule has 3 aromatic rings. The Labute approximate surface area is 186 Å². The van der Waals surface area contributed by atoms with Crippen LogP contribution < -0.4 is 15.8 Å². The lowest BCUT2D eigenvalue weighted by molar-refractivity contribution is 0.0240. The quantitative estimate of drug-likeness (QED) is 0.522. The minimum atomic E-state index is -0.845. The summed E-state index contributed by atoms with van der Waals surface area (Å²) in [7, 11) is 0. The monoisotopic (exact) mass is 422 g/mol. The summed E-state index contributed by atoms with van der Waals surface area (Å²) in [5.41, 5.74) is 9.72. The molecule has 0 amide bonds. The molecule has 1 aliphatic carbocycles. The van der Waals surface area contributed by atoms with Crippen molar-refractivity contribution in [3.63, 3.8) is 0 Å². The molecule has 1 saturated carbocycles. The van der Waals surface area contributed by atoms with E-state index in [9.17, 15) is 5.11 Å². The summed E-state index contributed by atoms with van der Waals surface area (Å²) in [5.74, 6) is 8.44. The van der Waals surface area contributed by atoms with Gasteiger partial charge in [-0.05, 0) is 61.2 Å². The Hall–Kier alpha value is -3.82. The molecule has 6 rings (SSSR count). The molecule has 0 radical (unpaired) electrons. The second kappa shape index (κ2) is 6.84. The van der Waals surface area contributed by atoms with E-state index in [1.165, 1.54) is 6.33 Å². The van der Waals surface area contributed by atoms with E-state index in [0.717, 1.165) is 58.6 Å². The highest BCUT2D eigenvalue weighted by molar-refractivity contribution is 5.70. The number of nitrogens with one attached hydrogen (secondary N) is 1. The van der Waals surface area contributed by atoms with Crippen LogP contribution in [0.3, 0.4) is 0 Å². The van der Waals surface area contributed by atoms with Crippen LogP contribution in [0.5, 0.6) is 11.5 Å². The fourth-order valence-corrected chi connectivity index (χ4v) is 4.68. The lowest BCUT2D eigenvalue weighted by atomic mass is 9.72. The maximum absolute atomic E-state index is 10.4. The Bertz CT molecular complexity index is 1320. The van der Waals surface area contributed by atoms with Crippen LogP contribution in [0.2, 0.25) is 0 Å². The van der Waals surface area contributed by atoms with Crippen molar-refractivity contribution in [2.24, 2.45) is 5.73 Å². The van der Waals surface area contributed by atoms with Crippen molar-refractivity contribution in [2.75, 3.05) is 6.54 Å². The van der Waals surface area contributed by atoms with Crippen LogP contribution in [0.1, 0.15) is 36.0 Å². The minimum Gasteiger partial charge on any atom is -0.457 e. The van der Waals surface area contributed by atoms with Crippen molar-refractivity contribution < 1.29 is 9.84 Å². The molecular weight excluding hydrogens is 400 g/mol. The Morgan fingerprint density at radius 2 is 1.75 bits per heavy atom. The van der Waals surface area contributed by atoms with Gasteiger partial charge in [0.25, 0.3) is 0 Å². The van der Waals surface area contributed by atoms with E-state index >= 15 is 0 Å². The Morgan fingerprint density at radius 3 is 2.44 bits per heavy atom. The van der Waals surface area contributed by atoms with E-state index in [-0.39, 0.29) is 0 Å². The van der Waals surface area contributed by atoms with Gasteiger partial charge in [0.1, 0.15) is 23.4 Å². The topological polar surface area (TPSA) is 93.3 Å². The number of benzene rings is 2. The van der Waals surface area contributed by atoms with Crippen LogP contribution >= 0.6 is 0 Å². The number of ether oxygens (including phenoxy) is 1. The highest BCUT2D eigenvalue weighted by atomic mass is 16.5. The summed E-state index contributed by atoms with van der Waals surface area (Å²) in [6.07, 6.45) is 9.68. The second-order valence-corrected chi connectivity index (χ2v) is 8.71. The third-order valence-corrected chi connectivity index (χ3v) is 6.63. The summed E-state index contributed by atoms with van der Waals surface area (Å²) < 4.78 is 6.30. The number of aliphatic hydroxyl groups is 1. The van der Waals surface area contributed by atoms with Crippen molar-refractivity contribution in [1.29, 1.82) is 0 Å². The number of hydrogen-bond donors (Lipinski definition) is 3. The van der Waals surface area contributed by atoms with E-state index in [0.29, 0.717) is 12.4 Å². The van der Waals surface area contributed by atoms with E-state index < -0.39 is 11.0 Å². The lowest BCUT2D eigenvalue weighted by Gasteiger charge is -2.36. The molecule has 6 nitrogen and oxygen atoms in total. The number of fused-ring (bicyclic) bond motifs is 4. The molecule has 1 aromatic heterocycles. The maximum Gasteiger partial charge on any atom is 0.132 e. The van der Waals surface area contributed by atoms with Crippen LogP contribution in [-0.2, 0) is 5.41 Å². The van der Waals surface area contributed by atoms with E-state index in [4.69, 9.17) is 10.5 Å². The predicted octanol–water partition coefficient (Wildman–Crippen LogP) is 3.21. The molecule has 4 N–H and O–H groups in total. The zero-order valence-corrected chi connectivity index (χ0v) is 17.4. The SMILES string of the molecule is NC1=C[C@@]2(CN1)c1cc(C#CC3(O)CCC3)ccc1Oc1ccc(-c3cncnc3)cc12. The first-order valence-electron chi connectivity index (χ1n) is 10.7. The van der Waals surface area contributed by atoms with Crippen molar-refractivity contribution in [1.82, 2.24) is 15.3 Å². The van der Waals surface area contributed by atoms with Gasteiger partial charge in [-0.15, -0.1) is 0 Å². The standard InChI is InChI=1S/C26H22N4O2/c27-24-12-26(15-30-24)20-10-17(6-9-25(31)7-1-8-25)2-4-22(20)32-23-5-3-18(11-21(23)26)19-13-28-16-29-14-19/h2-5,10-14,16,30-31H,1,7-8,15,27H2/t26-/m1/s1. The number of nitrogens with zero attached hydrogens (tertiary/aromatic N) is 2. The van der Waals surface area contributed by atoms with Crippen molar-refractivity contribution >= 4 is 0 Å². The van der Waals surface area contributed by atoms with Gasteiger partial charge in [0.2, 0.25) is 0 Å². The zero-order valence-electron chi connectivity index (χ0n) is 17.4. The largest absolute Gasteiger partial charge is 0.457 e. The molecule has 6 heteroatoms. The van der Waals surface area contributed by atoms with Crippen molar-refractivity contribution in [3.8, 4) is 34.5 Å². The highest BCUT2D eigenvalue weighted by Gasteiger charge is 2.44. The van der Waals surface area contributed by atoms with E-state index in [1.807, 2.05) is 24.3 Å². The third-order valence-electron chi connectivity index (χ3n) is 6.63. The van der Waals surface area contributed by atoms with Gasteiger partial charge in [0.15, 0.2) is 0 Å². The van der Waals surface area contributed by atoms with Crippen LogP contribution in [0, 0.1) is 11.8 Å². The molecule has 1 spiro atoms. The Kier molecular flexibility index (Phi) is 4.04. The summed E-state index contributed by atoms with van der Waals surface area (Å²) >= 11 is 0. The predicted molar refractivity (Wildman–Crippen MR) is 121 cm³/mol. The van der Waals surface area contributed by atoms with Gasteiger partial charge in [-0.1, -0.05) is 17.9 Å². The van der Waals surface area contributed by atoms with Gasteiger partial charge in [-0.2, -0.15) is 0 Å². The molecule has 1 fully saturated rings. The summed E-state index contributed by atoms with van der Waals surface area (Å²) in [4.78, 5) is 8.30. The zero-order chi connectivity index (χ0) is 21.8. The first-order valence-corrected chi connectivity index (χ1v) is 10.7. The first kappa shape index (κ1) is 18.9. The highest BCUT2D eigenvalue weighted by Crippen LogP contribution is 2.51. The molecule has 0 bridgehead atoms. The van der Waals surface area contributed by atoms with Gasteiger partial charge in [0, 0.05) is 41.2 Å². The van der Waals surface area contributed by atoms with Gasteiger partial charge >= 0.3 is 0 Å². The van der Waals surface area contributed by atoms with Crippen molar-refractivity contribution in [3.05, 3.63) is 83.7 Å². The smallest absolute Gasteiger partial charge is 0.132 e. The van der Waals surface area contributed by atoms with Crippen LogP contribution in [0.4, 0.5) is 0 Å². The Balaban J connectivity index is 1.49. The third kappa shape index (κ3) is 2.94. The number of rotatable bonds is 1. The molecule has 3 heterocycles. The normalized spacial score (nSPS) is 21.7. The lowest BCUT2D eigenvalue weighted by Crippen LogP contribution is -2.35. The second-order valence-electron chi connectivity index (χ2n) is 8.71. The van der Waals surface area contributed by atoms with Gasteiger partial charge < -0.3 is 20.9 Å². The van der Waals surface area contributed by atoms with Gasteiger partial charge in [-0.3, -0.25) is 0 Å². The van der Waals surface area contributed by atoms with Crippen molar-refractivity contribution in [2.45, 2.75) is 30.3 Å². The fraction of sp³-hybridized carbons (Fsp3) is 0.231. The molecule has 32 heavy (non-hydrogen) atoms.